The Balaban J connectivity index is 1.66. The van der Waals surface area contributed by atoms with Crippen molar-refractivity contribution in [2.24, 2.45) is 23.5 Å². The first-order chi connectivity index (χ1) is 8.81. The second kappa shape index (κ2) is 5.50. The van der Waals surface area contributed by atoms with Crippen LogP contribution in [0.4, 0.5) is 0 Å². The Bertz CT molecular complexity index is 278. The van der Waals surface area contributed by atoms with Crippen LogP contribution in [0.5, 0.6) is 0 Å². The molecule has 1 heterocycles. The van der Waals surface area contributed by atoms with Crippen molar-refractivity contribution in [1.29, 1.82) is 0 Å². The number of piperidine rings is 1. The summed E-state index contributed by atoms with van der Waals surface area (Å²) in [7, 11) is 0. The van der Waals surface area contributed by atoms with E-state index in [1.807, 2.05) is 0 Å². The van der Waals surface area contributed by atoms with Crippen LogP contribution in [0.3, 0.4) is 0 Å². The van der Waals surface area contributed by atoms with Gasteiger partial charge in [-0.1, -0.05) is 26.2 Å². The first-order valence-corrected chi connectivity index (χ1v) is 8.27. The molecule has 2 heteroatoms. The number of likely N-dealkylation sites (tertiary alicyclic amines) is 1. The maximum atomic E-state index is 6.05. The van der Waals surface area contributed by atoms with Gasteiger partial charge < -0.3 is 5.73 Å². The van der Waals surface area contributed by atoms with Crippen LogP contribution < -0.4 is 5.73 Å². The van der Waals surface area contributed by atoms with Crippen LogP contribution in [0.15, 0.2) is 0 Å². The summed E-state index contributed by atoms with van der Waals surface area (Å²) in [5, 5.41) is 0. The lowest BCUT2D eigenvalue weighted by Crippen LogP contribution is -2.49. The summed E-state index contributed by atoms with van der Waals surface area (Å²) in [6.07, 6.45) is 11.5. The Morgan fingerprint density at radius 1 is 1.11 bits per heavy atom. The SMILES string of the molecule is CCCC1CCC(CN)C(N2CC3CCC2C3)C1. The van der Waals surface area contributed by atoms with Crippen LogP contribution in [-0.4, -0.2) is 30.1 Å². The van der Waals surface area contributed by atoms with Crippen LogP contribution in [0.25, 0.3) is 0 Å². The summed E-state index contributed by atoms with van der Waals surface area (Å²) >= 11 is 0. The topological polar surface area (TPSA) is 29.3 Å². The highest BCUT2D eigenvalue weighted by molar-refractivity contribution is 4.98. The molecule has 2 aliphatic carbocycles. The van der Waals surface area contributed by atoms with Crippen molar-refractivity contribution < 1.29 is 0 Å². The molecule has 104 valence electrons. The zero-order valence-corrected chi connectivity index (χ0v) is 12.0. The maximum Gasteiger partial charge on any atom is 0.0141 e. The van der Waals surface area contributed by atoms with E-state index in [1.165, 1.54) is 57.9 Å². The lowest BCUT2D eigenvalue weighted by atomic mass is 9.75. The van der Waals surface area contributed by atoms with Crippen molar-refractivity contribution >= 4 is 0 Å². The number of rotatable bonds is 4. The Morgan fingerprint density at radius 3 is 2.61 bits per heavy atom. The van der Waals surface area contributed by atoms with Gasteiger partial charge in [-0.15, -0.1) is 0 Å². The normalized spacial score (nSPS) is 44.7. The molecule has 3 fully saturated rings. The smallest absolute Gasteiger partial charge is 0.0141 e. The molecule has 3 aliphatic rings. The molecule has 0 aromatic carbocycles. The van der Waals surface area contributed by atoms with Gasteiger partial charge in [-0.25, -0.2) is 0 Å². The molecule has 2 bridgehead atoms. The monoisotopic (exact) mass is 250 g/mol. The highest BCUT2D eigenvalue weighted by atomic mass is 15.2. The molecule has 3 rings (SSSR count). The van der Waals surface area contributed by atoms with Crippen molar-refractivity contribution in [3.05, 3.63) is 0 Å². The molecule has 2 nitrogen and oxygen atoms in total. The molecular weight excluding hydrogens is 220 g/mol. The van der Waals surface area contributed by atoms with Gasteiger partial charge in [0, 0.05) is 18.6 Å². The minimum absolute atomic E-state index is 0.789. The number of nitrogens with zero attached hydrogens (tertiary/aromatic N) is 1. The van der Waals surface area contributed by atoms with Crippen LogP contribution >= 0.6 is 0 Å². The highest BCUT2D eigenvalue weighted by Gasteiger charge is 2.44. The molecule has 5 unspecified atom stereocenters. The Labute approximate surface area is 112 Å². The van der Waals surface area contributed by atoms with E-state index < -0.39 is 0 Å². The fourth-order valence-electron chi connectivity index (χ4n) is 5.01. The van der Waals surface area contributed by atoms with Crippen molar-refractivity contribution in [2.75, 3.05) is 13.1 Å². The van der Waals surface area contributed by atoms with Gasteiger partial charge in [0.15, 0.2) is 0 Å². The van der Waals surface area contributed by atoms with Crippen molar-refractivity contribution in [1.82, 2.24) is 4.90 Å². The first-order valence-electron chi connectivity index (χ1n) is 8.27. The van der Waals surface area contributed by atoms with Crippen LogP contribution in [0, 0.1) is 17.8 Å². The Morgan fingerprint density at radius 2 is 2.00 bits per heavy atom. The van der Waals surface area contributed by atoms with Crippen molar-refractivity contribution in [2.45, 2.75) is 70.4 Å². The third-order valence-electron chi connectivity index (χ3n) is 5.94. The average molecular weight is 250 g/mol. The molecule has 0 amide bonds. The molecule has 2 N–H and O–H groups in total. The molecule has 0 aromatic rings. The first kappa shape index (κ1) is 12.9. The molecule has 0 aromatic heterocycles. The van der Waals surface area contributed by atoms with Gasteiger partial charge >= 0.3 is 0 Å². The van der Waals surface area contributed by atoms with E-state index in [1.54, 1.807) is 0 Å². The molecule has 1 saturated heterocycles. The van der Waals surface area contributed by atoms with E-state index in [2.05, 4.69) is 11.8 Å². The van der Waals surface area contributed by atoms with Gasteiger partial charge in [0.25, 0.3) is 0 Å². The van der Waals surface area contributed by atoms with Gasteiger partial charge in [-0.3, -0.25) is 4.90 Å². The summed E-state index contributed by atoms with van der Waals surface area (Å²) < 4.78 is 0. The van der Waals surface area contributed by atoms with E-state index in [0.717, 1.165) is 36.4 Å². The predicted octanol–water partition coefficient (Wildman–Crippen LogP) is 3.01. The summed E-state index contributed by atoms with van der Waals surface area (Å²) in [6.45, 7) is 4.64. The van der Waals surface area contributed by atoms with Crippen molar-refractivity contribution in [3.63, 3.8) is 0 Å². The van der Waals surface area contributed by atoms with Gasteiger partial charge in [0.2, 0.25) is 0 Å². The minimum Gasteiger partial charge on any atom is -0.330 e. The van der Waals surface area contributed by atoms with Gasteiger partial charge in [0.05, 0.1) is 0 Å². The number of nitrogens with two attached hydrogens (primary N) is 1. The quantitative estimate of drug-likeness (QED) is 0.831. The van der Waals surface area contributed by atoms with Gasteiger partial charge in [-0.05, 0) is 56.4 Å². The summed E-state index contributed by atoms with van der Waals surface area (Å²) in [5.74, 6) is 2.80. The third kappa shape index (κ3) is 2.34. The van der Waals surface area contributed by atoms with Crippen LogP contribution in [0.2, 0.25) is 0 Å². The molecule has 0 radical (unpaired) electrons. The van der Waals surface area contributed by atoms with Crippen molar-refractivity contribution in [3.8, 4) is 0 Å². The second-order valence-electron chi connectivity index (χ2n) is 7.06. The summed E-state index contributed by atoms with van der Waals surface area (Å²) in [6, 6.07) is 1.75. The fraction of sp³-hybridized carbons (Fsp3) is 1.00. The zero-order chi connectivity index (χ0) is 12.5. The highest BCUT2D eigenvalue weighted by Crippen LogP contribution is 2.43. The maximum absolute atomic E-state index is 6.05. The molecule has 1 aliphatic heterocycles. The number of hydrogen-bond acceptors (Lipinski definition) is 2. The van der Waals surface area contributed by atoms with Gasteiger partial charge in [-0.2, -0.15) is 0 Å². The largest absolute Gasteiger partial charge is 0.330 e. The van der Waals surface area contributed by atoms with E-state index in [4.69, 9.17) is 5.73 Å². The lowest BCUT2D eigenvalue weighted by molar-refractivity contribution is 0.0550. The molecule has 0 spiro atoms. The summed E-state index contributed by atoms with van der Waals surface area (Å²) in [5.41, 5.74) is 6.05. The predicted molar refractivity (Wildman–Crippen MR) is 76.4 cm³/mol. The molecular formula is C16H30N2. The standard InChI is InChI=1S/C16H30N2/c1-2-3-12-4-6-14(10-17)16(9-12)18-11-13-5-7-15(18)8-13/h12-16H,2-11,17H2,1H3. The second-order valence-corrected chi connectivity index (χ2v) is 7.06. The molecule has 18 heavy (non-hydrogen) atoms. The lowest BCUT2D eigenvalue weighted by Gasteiger charge is -2.44. The number of fused-ring (bicyclic) bond motifs is 2. The number of hydrogen-bond donors (Lipinski definition) is 1. The Kier molecular flexibility index (Phi) is 3.95. The Hall–Kier alpha value is -0.0800. The molecule has 5 atom stereocenters. The van der Waals surface area contributed by atoms with Gasteiger partial charge in [0.1, 0.15) is 0 Å². The average Bonchev–Trinajstić information content (AvgIpc) is 3.01. The van der Waals surface area contributed by atoms with E-state index in [0.29, 0.717) is 0 Å². The molecule has 2 saturated carbocycles. The third-order valence-corrected chi connectivity index (χ3v) is 5.94. The van der Waals surface area contributed by atoms with Crippen LogP contribution in [-0.2, 0) is 0 Å². The zero-order valence-electron chi connectivity index (χ0n) is 12.0. The minimum atomic E-state index is 0.789. The van der Waals surface area contributed by atoms with E-state index in [9.17, 15) is 0 Å². The summed E-state index contributed by atoms with van der Waals surface area (Å²) in [4.78, 5) is 2.88. The fourth-order valence-corrected chi connectivity index (χ4v) is 5.01. The van der Waals surface area contributed by atoms with Crippen LogP contribution in [0.1, 0.15) is 58.3 Å². The van der Waals surface area contributed by atoms with E-state index >= 15 is 0 Å². The van der Waals surface area contributed by atoms with E-state index in [-0.39, 0.29) is 0 Å².